The first kappa shape index (κ1) is 10.5. The number of ether oxygens (including phenoxy) is 1. The van der Waals surface area contributed by atoms with Gasteiger partial charge < -0.3 is 10.5 Å². The first-order valence-electron chi connectivity index (χ1n) is 5.78. The molecule has 0 aliphatic heterocycles. The molecular formula is C13H19NO. The van der Waals surface area contributed by atoms with E-state index < -0.39 is 0 Å². The van der Waals surface area contributed by atoms with Crippen LogP contribution in [0.25, 0.3) is 0 Å². The van der Waals surface area contributed by atoms with E-state index in [0.29, 0.717) is 6.54 Å². The molecule has 0 bridgehead atoms. The number of hydrogen-bond acceptors (Lipinski definition) is 2. The lowest BCUT2D eigenvalue weighted by atomic mass is 10.1. The van der Waals surface area contributed by atoms with Crippen molar-refractivity contribution in [1.82, 2.24) is 0 Å². The molecule has 2 N–H and O–H groups in total. The predicted molar refractivity (Wildman–Crippen MR) is 62.2 cm³/mol. The Morgan fingerprint density at radius 1 is 1.33 bits per heavy atom. The van der Waals surface area contributed by atoms with Crippen LogP contribution in [0.2, 0.25) is 0 Å². The molecule has 1 aliphatic rings. The van der Waals surface area contributed by atoms with Crippen molar-refractivity contribution in [1.29, 1.82) is 0 Å². The van der Waals surface area contributed by atoms with Crippen molar-refractivity contribution in [3.05, 3.63) is 29.3 Å². The molecule has 2 nitrogen and oxygen atoms in total. The highest BCUT2D eigenvalue weighted by molar-refractivity contribution is 5.38. The quantitative estimate of drug-likeness (QED) is 0.818. The molecule has 1 aliphatic carbocycles. The third-order valence-electron chi connectivity index (χ3n) is 2.98. The molecule has 0 aromatic heterocycles. The summed E-state index contributed by atoms with van der Waals surface area (Å²) in [5, 5.41) is 0. The summed E-state index contributed by atoms with van der Waals surface area (Å²) >= 11 is 0. The second-order valence-electron chi connectivity index (χ2n) is 4.29. The number of nitrogens with two attached hydrogens (primary N) is 1. The summed E-state index contributed by atoms with van der Waals surface area (Å²) < 4.78 is 5.80. The van der Waals surface area contributed by atoms with E-state index in [9.17, 15) is 0 Å². The van der Waals surface area contributed by atoms with Crippen LogP contribution in [0.15, 0.2) is 18.2 Å². The van der Waals surface area contributed by atoms with Crippen molar-refractivity contribution in [2.24, 2.45) is 5.73 Å². The molecule has 1 aromatic rings. The third-order valence-corrected chi connectivity index (χ3v) is 2.98. The molecule has 15 heavy (non-hydrogen) atoms. The van der Waals surface area contributed by atoms with Crippen LogP contribution in [0.1, 0.15) is 30.9 Å². The molecule has 1 aromatic carbocycles. The fourth-order valence-electron chi connectivity index (χ4n) is 2.15. The molecule has 1 atom stereocenters. The average molecular weight is 205 g/mol. The number of hydrogen-bond donors (Lipinski definition) is 1. The smallest absolute Gasteiger partial charge is 0.119 e. The standard InChI is InChI=1S/C13H19NO/c1-10(7-8-14)15-13-6-5-11-3-2-4-12(11)9-13/h5-6,9-10H,2-4,7-8,14H2,1H3. The summed E-state index contributed by atoms with van der Waals surface area (Å²) in [6.07, 6.45) is 4.86. The van der Waals surface area contributed by atoms with Gasteiger partial charge in [0.15, 0.2) is 0 Å². The van der Waals surface area contributed by atoms with Gasteiger partial charge in [-0.15, -0.1) is 0 Å². The highest BCUT2D eigenvalue weighted by Gasteiger charge is 2.12. The normalized spacial score (nSPS) is 16.1. The summed E-state index contributed by atoms with van der Waals surface area (Å²) in [7, 11) is 0. The lowest BCUT2D eigenvalue weighted by molar-refractivity contribution is 0.213. The minimum atomic E-state index is 0.217. The molecule has 0 spiro atoms. The van der Waals surface area contributed by atoms with E-state index in [1.54, 1.807) is 0 Å². The number of rotatable bonds is 4. The summed E-state index contributed by atoms with van der Waals surface area (Å²) in [6.45, 7) is 2.76. The van der Waals surface area contributed by atoms with Crippen molar-refractivity contribution < 1.29 is 4.74 Å². The molecule has 82 valence electrons. The molecule has 0 amide bonds. The van der Waals surface area contributed by atoms with Crippen LogP contribution in [0.5, 0.6) is 5.75 Å². The third kappa shape index (κ3) is 2.51. The Morgan fingerprint density at radius 2 is 2.13 bits per heavy atom. The van der Waals surface area contributed by atoms with Crippen LogP contribution in [0, 0.1) is 0 Å². The zero-order chi connectivity index (χ0) is 10.7. The second-order valence-corrected chi connectivity index (χ2v) is 4.29. The molecule has 1 unspecified atom stereocenters. The molecule has 0 heterocycles. The van der Waals surface area contributed by atoms with Gasteiger partial charge in [-0.05, 0) is 62.4 Å². The monoisotopic (exact) mass is 205 g/mol. The fourth-order valence-corrected chi connectivity index (χ4v) is 2.15. The maximum atomic E-state index is 5.80. The Labute approximate surface area is 91.4 Å². The molecule has 0 saturated heterocycles. The first-order valence-corrected chi connectivity index (χ1v) is 5.78. The van der Waals surface area contributed by atoms with Crippen molar-refractivity contribution in [2.45, 2.75) is 38.7 Å². The Kier molecular flexibility index (Phi) is 3.27. The summed E-state index contributed by atoms with van der Waals surface area (Å²) in [5.74, 6) is 0.997. The van der Waals surface area contributed by atoms with E-state index >= 15 is 0 Å². The van der Waals surface area contributed by atoms with E-state index in [1.807, 2.05) is 0 Å². The number of benzene rings is 1. The van der Waals surface area contributed by atoms with Crippen LogP contribution in [-0.2, 0) is 12.8 Å². The largest absolute Gasteiger partial charge is 0.491 e. The summed E-state index contributed by atoms with van der Waals surface area (Å²) in [5.41, 5.74) is 8.45. The van der Waals surface area contributed by atoms with Crippen molar-refractivity contribution in [3.8, 4) is 5.75 Å². The Morgan fingerprint density at radius 3 is 2.93 bits per heavy atom. The molecule has 2 heteroatoms. The minimum absolute atomic E-state index is 0.217. The van der Waals surface area contributed by atoms with E-state index in [4.69, 9.17) is 10.5 Å². The fraction of sp³-hybridized carbons (Fsp3) is 0.538. The topological polar surface area (TPSA) is 35.2 Å². The summed E-state index contributed by atoms with van der Waals surface area (Å²) in [6, 6.07) is 6.47. The average Bonchev–Trinajstić information content (AvgIpc) is 2.65. The first-order chi connectivity index (χ1) is 7.29. The lowest BCUT2D eigenvalue weighted by Gasteiger charge is -2.14. The van der Waals surface area contributed by atoms with Gasteiger partial charge in [0.05, 0.1) is 6.10 Å². The van der Waals surface area contributed by atoms with Crippen LogP contribution in [-0.4, -0.2) is 12.6 Å². The highest BCUT2D eigenvalue weighted by atomic mass is 16.5. The van der Waals surface area contributed by atoms with Crippen LogP contribution in [0.4, 0.5) is 0 Å². The van der Waals surface area contributed by atoms with Gasteiger partial charge in [-0.3, -0.25) is 0 Å². The second kappa shape index (κ2) is 4.67. The van der Waals surface area contributed by atoms with Gasteiger partial charge in [-0.2, -0.15) is 0 Å². The zero-order valence-corrected chi connectivity index (χ0v) is 9.33. The van der Waals surface area contributed by atoms with Gasteiger partial charge in [-0.1, -0.05) is 6.07 Å². The van der Waals surface area contributed by atoms with Crippen molar-refractivity contribution in [3.63, 3.8) is 0 Å². The van der Waals surface area contributed by atoms with Crippen molar-refractivity contribution in [2.75, 3.05) is 6.54 Å². The summed E-state index contributed by atoms with van der Waals surface area (Å²) in [4.78, 5) is 0. The molecule has 2 rings (SSSR count). The van der Waals surface area contributed by atoms with Crippen LogP contribution in [0.3, 0.4) is 0 Å². The van der Waals surface area contributed by atoms with E-state index in [2.05, 4.69) is 25.1 Å². The van der Waals surface area contributed by atoms with E-state index in [0.717, 1.165) is 12.2 Å². The highest BCUT2D eigenvalue weighted by Crippen LogP contribution is 2.26. The minimum Gasteiger partial charge on any atom is -0.491 e. The van der Waals surface area contributed by atoms with Gasteiger partial charge in [0, 0.05) is 0 Å². The van der Waals surface area contributed by atoms with E-state index in [-0.39, 0.29) is 6.10 Å². The van der Waals surface area contributed by atoms with Gasteiger partial charge in [-0.25, -0.2) is 0 Å². The SMILES string of the molecule is CC(CCN)Oc1ccc2c(c1)CCC2. The van der Waals surface area contributed by atoms with Crippen LogP contribution >= 0.6 is 0 Å². The van der Waals surface area contributed by atoms with Crippen LogP contribution < -0.4 is 10.5 Å². The molecule has 0 radical (unpaired) electrons. The molecular weight excluding hydrogens is 186 g/mol. The Hall–Kier alpha value is -1.02. The zero-order valence-electron chi connectivity index (χ0n) is 9.33. The predicted octanol–water partition coefficient (Wildman–Crippen LogP) is 2.29. The van der Waals surface area contributed by atoms with Gasteiger partial charge in [0.1, 0.15) is 5.75 Å². The lowest BCUT2D eigenvalue weighted by Crippen LogP contribution is -2.16. The number of aryl methyl sites for hydroxylation is 2. The molecule has 0 saturated carbocycles. The Balaban J connectivity index is 2.03. The van der Waals surface area contributed by atoms with Crippen molar-refractivity contribution >= 4 is 0 Å². The van der Waals surface area contributed by atoms with Gasteiger partial charge >= 0.3 is 0 Å². The molecule has 0 fully saturated rings. The maximum Gasteiger partial charge on any atom is 0.119 e. The van der Waals surface area contributed by atoms with Gasteiger partial charge in [0.2, 0.25) is 0 Å². The maximum absolute atomic E-state index is 5.80. The van der Waals surface area contributed by atoms with Gasteiger partial charge in [0.25, 0.3) is 0 Å². The van der Waals surface area contributed by atoms with E-state index in [1.165, 1.54) is 30.4 Å². The number of fused-ring (bicyclic) bond motifs is 1. The Bertz CT molecular complexity index is 335.